The minimum Gasteiger partial charge on any atom is -0.480 e. The monoisotopic (exact) mass is 291 g/mol. The van der Waals surface area contributed by atoms with Crippen molar-refractivity contribution in [1.82, 2.24) is 10.2 Å². The molecule has 4 N–H and O–H groups in total. The fourth-order valence-corrected chi connectivity index (χ4v) is 2.65. The molecule has 0 aromatic heterocycles. The highest BCUT2D eigenvalue weighted by Gasteiger charge is 2.37. The van der Waals surface area contributed by atoms with Crippen LogP contribution in [0.5, 0.6) is 0 Å². The Balaban J connectivity index is 2.30. The fourth-order valence-electron chi connectivity index (χ4n) is 2.65. The van der Waals surface area contributed by atoms with E-state index >= 15 is 0 Å². The van der Waals surface area contributed by atoms with Gasteiger partial charge in [-0.3, -0.25) is 19.8 Å². The Morgan fingerprint density at radius 2 is 2.05 bits per heavy atom. The molecule has 112 valence electrons. The van der Waals surface area contributed by atoms with Crippen molar-refractivity contribution < 1.29 is 19.5 Å². The molecule has 0 aliphatic carbocycles. The lowest BCUT2D eigenvalue weighted by Crippen LogP contribution is -2.52. The van der Waals surface area contributed by atoms with Crippen LogP contribution in [0.1, 0.15) is 24.1 Å². The van der Waals surface area contributed by atoms with Gasteiger partial charge in [-0.25, -0.2) is 4.79 Å². The van der Waals surface area contributed by atoms with E-state index in [2.05, 4.69) is 0 Å². The van der Waals surface area contributed by atoms with Crippen LogP contribution >= 0.6 is 0 Å². The second kappa shape index (κ2) is 5.92. The van der Waals surface area contributed by atoms with Crippen LogP contribution in [0.25, 0.3) is 0 Å². The lowest BCUT2D eigenvalue weighted by atomic mass is 9.91. The summed E-state index contributed by atoms with van der Waals surface area (Å²) < 4.78 is 0. The molecule has 3 amide bonds. The van der Waals surface area contributed by atoms with E-state index < -0.39 is 30.0 Å². The van der Waals surface area contributed by atoms with Crippen LogP contribution < -0.4 is 11.1 Å². The normalized spacial score (nSPS) is 19.4. The summed E-state index contributed by atoms with van der Waals surface area (Å²) in [5, 5.41) is 11.5. The first-order chi connectivity index (χ1) is 9.91. The Morgan fingerprint density at radius 3 is 2.67 bits per heavy atom. The van der Waals surface area contributed by atoms with Crippen LogP contribution in [0.3, 0.4) is 0 Å². The van der Waals surface area contributed by atoms with Gasteiger partial charge in [0.05, 0.1) is 6.04 Å². The number of hydrogen-bond donors (Lipinski definition) is 3. The third-order valence-electron chi connectivity index (χ3n) is 3.68. The van der Waals surface area contributed by atoms with Gasteiger partial charge in [0.25, 0.3) is 0 Å². The second-order valence-corrected chi connectivity index (χ2v) is 4.96. The summed E-state index contributed by atoms with van der Waals surface area (Å²) in [5.74, 6) is -1.63. The van der Waals surface area contributed by atoms with E-state index in [1.165, 1.54) is 0 Å². The Bertz CT molecular complexity index is 587. The van der Waals surface area contributed by atoms with E-state index in [9.17, 15) is 19.5 Å². The summed E-state index contributed by atoms with van der Waals surface area (Å²) >= 11 is 0. The van der Waals surface area contributed by atoms with Gasteiger partial charge in [-0.2, -0.15) is 0 Å². The maximum absolute atomic E-state index is 11.9. The van der Waals surface area contributed by atoms with Crippen molar-refractivity contribution in [2.24, 2.45) is 5.73 Å². The first kappa shape index (κ1) is 15.0. The number of rotatable bonds is 3. The molecular weight excluding hydrogens is 274 g/mol. The van der Waals surface area contributed by atoms with Gasteiger partial charge >= 0.3 is 12.0 Å². The molecule has 0 saturated carbocycles. The highest BCUT2D eigenvalue weighted by atomic mass is 16.4. The van der Waals surface area contributed by atoms with E-state index in [4.69, 9.17) is 5.73 Å². The minimum atomic E-state index is -1.03. The molecule has 21 heavy (non-hydrogen) atoms. The number of amides is 3. The number of urea groups is 1. The van der Waals surface area contributed by atoms with Crippen molar-refractivity contribution >= 4 is 17.9 Å². The van der Waals surface area contributed by atoms with Crippen LogP contribution in [0.15, 0.2) is 24.3 Å². The smallest absolute Gasteiger partial charge is 0.325 e. The molecule has 0 radical (unpaired) electrons. The standard InChI is InChI=1S/C14H17N3O4/c1-8(12(18)16-14(15)21)17-7-6-9-4-2-3-5-10(9)11(17)13(19)20/h2-5,8,11H,6-7H2,1H3,(H,19,20)(H3,15,16,18,21). The fraction of sp³-hybridized carbons (Fsp3) is 0.357. The van der Waals surface area contributed by atoms with Gasteiger partial charge in [0.2, 0.25) is 5.91 Å². The third kappa shape index (κ3) is 3.03. The minimum absolute atomic E-state index is 0.418. The number of primary amides is 1. The average Bonchev–Trinajstić information content (AvgIpc) is 2.44. The molecule has 2 atom stereocenters. The van der Waals surface area contributed by atoms with Gasteiger partial charge in [0.15, 0.2) is 0 Å². The molecular formula is C14H17N3O4. The van der Waals surface area contributed by atoms with Gasteiger partial charge in [-0.1, -0.05) is 24.3 Å². The number of carbonyl (C=O) groups excluding carboxylic acids is 2. The number of fused-ring (bicyclic) bond motifs is 1. The van der Waals surface area contributed by atoms with Crippen LogP contribution in [-0.2, 0) is 16.0 Å². The summed E-state index contributed by atoms with van der Waals surface area (Å²) in [7, 11) is 0. The predicted octanol–water partition coefficient (Wildman–Crippen LogP) is 0.254. The average molecular weight is 291 g/mol. The zero-order valence-electron chi connectivity index (χ0n) is 11.6. The van der Waals surface area contributed by atoms with Gasteiger partial charge < -0.3 is 10.8 Å². The van der Waals surface area contributed by atoms with Gasteiger partial charge in [-0.15, -0.1) is 0 Å². The Kier molecular flexibility index (Phi) is 4.23. The molecule has 2 unspecified atom stereocenters. The number of carboxylic acids is 1. The van der Waals surface area contributed by atoms with E-state index in [0.29, 0.717) is 18.5 Å². The summed E-state index contributed by atoms with van der Waals surface area (Å²) in [6.07, 6.45) is 0.647. The highest BCUT2D eigenvalue weighted by Crippen LogP contribution is 2.31. The third-order valence-corrected chi connectivity index (χ3v) is 3.68. The number of carbonyl (C=O) groups is 3. The molecule has 1 aliphatic heterocycles. The van der Waals surface area contributed by atoms with Gasteiger partial charge in [0.1, 0.15) is 6.04 Å². The second-order valence-electron chi connectivity index (χ2n) is 4.96. The first-order valence-corrected chi connectivity index (χ1v) is 6.58. The summed E-state index contributed by atoms with van der Waals surface area (Å²) in [4.78, 5) is 35.8. The molecule has 1 aromatic rings. The summed E-state index contributed by atoms with van der Waals surface area (Å²) in [6, 6.07) is 4.63. The maximum atomic E-state index is 11.9. The van der Waals surface area contributed by atoms with Crippen molar-refractivity contribution in [3.8, 4) is 0 Å². The van der Waals surface area contributed by atoms with Crippen LogP contribution in [-0.4, -0.2) is 40.5 Å². The van der Waals surface area contributed by atoms with Crippen molar-refractivity contribution in [2.75, 3.05) is 6.54 Å². The number of nitrogens with zero attached hydrogens (tertiary/aromatic N) is 1. The molecule has 1 aliphatic rings. The summed E-state index contributed by atoms with van der Waals surface area (Å²) in [5.41, 5.74) is 6.56. The predicted molar refractivity (Wildman–Crippen MR) is 74.4 cm³/mol. The van der Waals surface area contributed by atoms with Crippen LogP contribution in [0.2, 0.25) is 0 Å². The van der Waals surface area contributed by atoms with E-state index in [-0.39, 0.29) is 0 Å². The van der Waals surface area contributed by atoms with Crippen molar-refractivity contribution in [3.05, 3.63) is 35.4 Å². The molecule has 1 aromatic carbocycles. The number of imide groups is 1. The number of nitrogens with two attached hydrogens (primary N) is 1. The zero-order valence-corrected chi connectivity index (χ0v) is 11.6. The molecule has 0 fully saturated rings. The molecule has 0 saturated heterocycles. The molecule has 0 bridgehead atoms. The van der Waals surface area contributed by atoms with Crippen molar-refractivity contribution in [1.29, 1.82) is 0 Å². The Hall–Kier alpha value is -2.41. The maximum Gasteiger partial charge on any atom is 0.325 e. The van der Waals surface area contributed by atoms with Crippen LogP contribution in [0.4, 0.5) is 4.79 Å². The zero-order chi connectivity index (χ0) is 15.6. The van der Waals surface area contributed by atoms with Gasteiger partial charge in [0, 0.05) is 6.54 Å². The highest BCUT2D eigenvalue weighted by molar-refractivity contribution is 5.96. The topological polar surface area (TPSA) is 113 Å². The molecule has 7 heteroatoms. The largest absolute Gasteiger partial charge is 0.480 e. The molecule has 1 heterocycles. The number of carboxylic acid groups (broad SMARTS) is 1. The van der Waals surface area contributed by atoms with E-state index in [0.717, 1.165) is 5.56 Å². The van der Waals surface area contributed by atoms with E-state index in [1.54, 1.807) is 24.0 Å². The number of benzene rings is 1. The first-order valence-electron chi connectivity index (χ1n) is 6.58. The quantitative estimate of drug-likeness (QED) is 0.739. The molecule has 2 rings (SSSR count). The lowest BCUT2D eigenvalue weighted by molar-refractivity contribution is -0.146. The number of aliphatic carboxylic acids is 1. The Labute approximate surface area is 121 Å². The van der Waals surface area contributed by atoms with Crippen molar-refractivity contribution in [2.45, 2.75) is 25.4 Å². The van der Waals surface area contributed by atoms with Crippen molar-refractivity contribution in [3.63, 3.8) is 0 Å². The number of nitrogens with one attached hydrogen (secondary N) is 1. The number of hydrogen-bond acceptors (Lipinski definition) is 4. The van der Waals surface area contributed by atoms with Gasteiger partial charge in [-0.05, 0) is 24.5 Å². The SMILES string of the molecule is CC(C(=O)NC(N)=O)N1CCc2ccccc2C1C(=O)O. The lowest BCUT2D eigenvalue weighted by Gasteiger charge is -2.37. The molecule has 0 spiro atoms. The molecule has 7 nitrogen and oxygen atoms in total. The summed E-state index contributed by atoms with van der Waals surface area (Å²) in [6.45, 7) is 1.98. The van der Waals surface area contributed by atoms with Crippen LogP contribution in [0, 0.1) is 0 Å². The van der Waals surface area contributed by atoms with E-state index in [1.807, 2.05) is 17.4 Å². The Morgan fingerprint density at radius 1 is 1.38 bits per heavy atom.